The number of fused-ring (bicyclic) bond motifs is 1. The lowest BCUT2D eigenvalue weighted by Crippen LogP contribution is -2.51. The Kier molecular flexibility index (Phi) is 4.15. The van der Waals surface area contributed by atoms with Crippen LogP contribution in [0, 0.1) is 0 Å². The predicted octanol–water partition coefficient (Wildman–Crippen LogP) is 1.06. The number of nitrogens with one attached hydrogen (secondary N) is 3. The standard InChI is InChI=1S/C15H17N3O2S/c19-14-9-21-8-13(18-14)15(20)16-6-5-10-7-17-12-4-2-1-3-11(10)12/h1-4,7,13,17H,5-6,8-9H2,(H,16,20)(H,18,19). The number of benzene rings is 1. The molecule has 1 saturated heterocycles. The van der Waals surface area contributed by atoms with Gasteiger partial charge in [0.2, 0.25) is 11.8 Å². The Bertz CT molecular complexity index is 668. The minimum absolute atomic E-state index is 0.0666. The first-order valence-corrected chi connectivity index (χ1v) is 8.09. The molecule has 1 unspecified atom stereocenters. The fourth-order valence-corrected chi connectivity index (χ4v) is 3.33. The normalized spacial score (nSPS) is 18.5. The van der Waals surface area contributed by atoms with Crippen LogP contribution in [0.15, 0.2) is 30.5 Å². The van der Waals surface area contributed by atoms with Gasteiger partial charge in [-0.3, -0.25) is 9.59 Å². The van der Waals surface area contributed by atoms with Crippen molar-refractivity contribution in [3.8, 4) is 0 Å². The van der Waals surface area contributed by atoms with Gasteiger partial charge >= 0.3 is 0 Å². The molecule has 21 heavy (non-hydrogen) atoms. The molecule has 3 rings (SSSR count). The molecule has 1 aliphatic heterocycles. The van der Waals surface area contributed by atoms with Gasteiger partial charge in [0.05, 0.1) is 5.75 Å². The zero-order valence-corrected chi connectivity index (χ0v) is 12.3. The van der Waals surface area contributed by atoms with Crippen LogP contribution in [0.4, 0.5) is 0 Å². The van der Waals surface area contributed by atoms with Crippen LogP contribution in [0.1, 0.15) is 5.56 Å². The van der Waals surface area contributed by atoms with Crippen LogP contribution in [0.3, 0.4) is 0 Å². The van der Waals surface area contributed by atoms with Gasteiger partial charge in [0.1, 0.15) is 6.04 Å². The third kappa shape index (κ3) is 3.21. The number of aromatic nitrogens is 1. The molecular formula is C15H17N3O2S. The van der Waals surface area contributed by atoms with Crippen LogP contribution in [0.2, 0.25) is 0 Å². The van der Waals surface area contributed by atoms with Crippen molar-refractivity contribution in [3.63, 3.8) is 0 Å². The molecule has 6 heteroatoms. The summed E-state index contributed by atoms with van der Waals surface area (Å²) in [6, 6.07) is 7.70. The number of carbonyl (C=O) groups is 2. The van der Waals surface area contributed by atoms with E-state index in [0.717, 1.165) is 11.9 Å². The van der Waals surface area contributed by atoms with Gasteiger partial charge in [-0.2, -0.15) is 0 Å². The number of hydrogen-bond donors (Lipinski definition) is 3. The second-order valence-corrected chi connectivity index (χ2v) is 6.07. The maximum atomic E-state index is 12.0. The summed E-state index contributed by atoms with van der Waals surface area (Å²) in [7, 11) is 0. The average molecular weight is 303 g/mol. The lowest BCUT2D eigenvalue weighted by atomic mass is 10.1. The SMILES string of the molecule is O=C1CSCC(C(=O)NCCc2c[nH]c3ccccc23)N1. The van der Waals surface area contributed by atoms with E-state index in [-0.39, 0.29) is 11.8 Å². The topological polar surface area (TPSA) is 74.0 Å². The largest absolute Gasteiger partial charge is 0.361 e. The fourth-order valence-electron chi connectivity index (χ4n) is 2.47. The Morgan fingerprint density at radius 1 is 1.38 bits per heavy atom. The monoisotopic (exact) mass is 303 g/mol. The van der Waals surface area contributed by atoms with E-state index in [2.05, 4.69) is 21.7 Å². The van der Waals surface area contributed by atoms with Crippen LogP contribution in [0.5, 0.6) is 0 Å². The molecule has 2 amide bonds. The molecule has 0 saturated carbocycles. The van der Waals surface area contributed by atoms with Crippen molar-refractivity contribution in [2.24, 2.45) is 0 Å². The van der Waals surface area contributed by atoms with E-state index < -0.39 is 6.04 Å². The van der Waals surface area contributed by atoms with Crippen LogP contribution < -0.4 is 10.6 Å². The summed E-state index contributed by atoms with van der Waals surface area (Å²) in [5.74, 6) is 0.919. The molecule has 2 aromatic rings. The fraction of sp³-hybridized carbons (Fsp3) is 0.333. The van der Waals surface area contributed by atoms with Crippen molar-refractivity contribution < 1.29 is 9.59 Å². The smallest absolute Gasteiger partial charge is 0.243 e. The summed E-state index contributed by atoms with van der Waals surface area (Å²) in [6.07, 6.45) is 2.75. The number of carbonyl (C=O) groups excluding carboxylic acids is 2. The predicted molar refractivity (Wildman–Crippen MR) is 84.3 cm³/mol. The third-order valence-electron chi connectivity index (χ3n) is 3.54. The maximum Gasteiger partial charge on any atom is 0.243 e. The number of rotatable bonds is 4. The van der Waals surface area contributed by atoms with Gasteiger partial charge in [-0.1, -0.05) is 18.2 Å². The van der Waals surface area contributed by atoms with Crippen molar-refractivity contribution in [1.29, 1.82) is 0 Å². The van der Waals surface area contributed by atoms with Gasteiger partial charge in [0.25, 0.3) is 0 Å². The molecule has 1 aromatic heterocycles. The first kappa shape index (κ1) is 14.0. The molecule has 3 N–H and O–H groups in total. The van der Waals surface area contributed by atoms with Crippen LogP contribution >= 0.6 is 11.8 Å². The Hall–Kier alpha value is -1.95. The van der Waals surface area contributed by atoms with E-state index in [1.807, 2.05) is 24.4 Å². The highest BCUT2D eigenvalue weighted by Gasteiger charge is 2.24. The molecule has 0 radical (unpaired) electrons. The van der Waals surface area contributed by atoms with E-state index >= 15 is 0 Å². The Morgan fingerprint density at radius 2 is 2.24 bits per heavy atom. The first-order valence-electron chi connectivity index (χ1n) is 6.94. The van der Waals surface area contributed by atoms with Crippen LogP contribution in [-0.2, 0) is 16.0 Å². The highest BCUT2D eigenvalue weighted by molar-refractivity contribution is 8.00. The summed E-state index contributed by atoms with van der Waals surface area (Å²) < 4.78 is 0. The van der Waals surface area contributed by atoms with Gasteiger partial charge < -0.3 is 15.6 Å². The van der Waals surface area contributed by atoms with Crippen molar-refractivity contribution >= 4 is 34.5 Å². The highest BCUT2D eigenvalue weighted by atomic mass is 32.2. The molecule has 1 aliphatic rings. The first-order chi connectivity index (χ1) is 10.2. The average Bonchev–Trinajstić information content (AvgIpc) is 2.91. The lowest BCUT2D eigenvalue weighted by Gasteiger charge is -2.21. The minimum Gasteiger partial charge on any atom is -0.361 e. The van der Waals surface area contributed by atoms with E-state index in [9.17, 15) is 9.59 Å². The molecule has 0 spiro atoms. The Morgan fingerprint density at radius 3 is 3.10 bits per heavy atom. The van der Waals surface area contributed by atoms with E-state index in [0.29, 0.717) is 18.1 Å². The maximum absolute atomic E-state index is 12.0. The van der Waals surface area contributed by atoms with Gasteiger partial charge in [-0.05, 0) is 18.1 Å². The molecule has 110 valence electrons. The van der Waals surface area contributed by atoms with Crippen molar-refractivity contribution in [2.45, 2.75) is 12.5 Å². The molecule has 1 atom stereocenters. The zero-order chi connectivity index (χ0) is 14.7. The Labute approximate surface area is 126 Å². The highest BCUT2D eigenvalue weighted by Crippen LogP contribution is 2.17. The molecule has 2 heterocycles. The molecule has 0 bridgehead atoms. The van der Waals surface area contributed by atoms with E-state index in [4.69, 9.17) is 0 Å². The third-order valence-corrected chi connectivity index (χ3v) is 4.57. The number of thioether (sulfide) groups is 1. The number of hydrogen-bond acceptors (Lipinski definition) is 3. The summed E-state index contributed by atoms with van der Waals surface area (Å²) >= 11 is 1.49. The van der Waals surface area contributed by atoms with Gasteiger partial charge in [0, 0.05) is 29.4 Å². The summed E-state index contributed by atoms with van der Waals surface area (Å²) in [5, 5.41) is 6.79. The van der Waals surface area contributed by atoms with E-state index in [1.165, 1.54) is 22.7 Å². The van der Waals surface area contributed by atoms with Gasteiger partial charge in [0.15, 0.2) is 0 Å². The summed E-state index contributed by atoms with van der Waals surface area (Å²) in [6.45, 7) is 0.567. The number of H-pyrrole nitrogens is 1. The molecular weight excluding hydrogens is 286 g/mol. The number of amides is 2. The second-order valence-electron chi connectivity index (χ2n) is 5.04. The zero-order valence-electron chi connectivity index (χ0n) is 11.5. The summed E-state index contributed by atoms with van der Waals surface area (Å²) in [4.78, 5) is 26.5. The van der Waals surface area contributed by atoms with Crippen molar-refractivity contribution in [1.82, 2.24) is 15.6 Å². The van der Waals surface area contributed by atoms with Crippen LogP contribution in [0.25, 0.3) is 10.9 Å². The minimum atomic E-state index is -0.404. The van der Waals surface area contributed by atoms with Crippen LogP contribution in [-0.4, -0.2) is 40.9 Å². The second kappa shape index (κ2) is 6.22. The van der Waals surface area contributed by atoms with Crippen molar-refractivity contribution in [2.75, 3.05) is 18.1 Å². The molecule has 1 fully saturated rings. The molecule has 1 aromatic carbocycles. The summed E-state index contributed by atoms with van der Waals surface area (Å²) in [5.41, 5.74) is 2.29. The lowest BCUT2D eigenvalue weighted by molar-refractivity contribution is -0.127. The quantitative estimate of drug-likeness (QED) is 0.790. The Balaban J connectivity index is 1.54. The van der Waals surface area contributed by atoms with Gasteiger partial charge in [-0.25, -0.2) is 0 Å². The number of para-hydroxylation sites is 1. The molecule has 0 aliphatic carbocycles. The number of aromatic amines is 1. The van der Waals surface area contributed by atoms with E-state index in [1.54, 1.807) is 0 Å². The van der Waals surface area contributed by atoms with Crippen molar-refractivity contribution in [3.05, 3.63) is 36.0 Å². The van der Waals surface area contributed by atoms with Gasteiger partial charge in [-0.15, -0.1) is 11.8 Å². The molecule has 5 nitrogen and oxygen atoms in total.